The molecule has 2 rings (SSSR count). The van der Waals surface area contributed by atoms with Crippen LogP contribution in [0.15, 0.2) is 33.5 Å². The first-order valence-electron chi connectivity index (χ1n) is 8.53. The molecule has 0 aliphatic rings. The monoisotopic (exact) mass is 301 g/mol. The molecule has 0 aliphatic carbocycles. The standard InChI is InChI=1S/C19H27NO2/c1-2-3-4-5-6-7-8-9-10-15-11-12-16-17(20)14-19(21)22-18(16)13-15/h11-14H,2-10,20H2,1H3. The van der Waals surface area contributed by atoms with Gasteiger partial charge in [-0.05, 0) is 30.5 Å². The SMILES string of the molecule is CCCCCCCCCCc1ccc2c(N)cc(=O)oc2c1. The molecule has 0 radical (unpaired) electrons. The van der Waals surface area contributed by atoms with Crippen LogP contribution in [-0.4, -0.2) is 0 Å². The van der Waals surface area contributed by atoms with Crippen molar-refractivity contribution >= 4 is 16.7 Å². The number of nitrogen functional groups attached to an aromatic ring is 1. The van der Waals surface area contributed by atoms with Crippen LogP contribution in [0.2, 0.25) is 0 Å². The number of anilines is 1. The summed E-state index contributed by atoms with van der Waals surface area (Å²) in [5.74, 6) is 0. The van der Waals surface area contributed by atoms with Crippen molar-refractivity contribution in [3.63, 3.8) is 0 Å². The molecule has 0 unspecified atom stereocenters. The number of unbranched alkanes of at least 4 members (excludes halogenated alkanes) is 7. The van der Waals surface area contributed by atoms with Crippen LogP contribution in [0.1, 0.15) is 63.9 Å². The number of rotatable bonds is 9. The Morgan fingerprint density at radius 3 is 2.36 bits per heavy atom. The van der Waals surface area contributed by atoms with Crippen molar-refractivity contribution in [3.8, 4) is 0 Å². The van der Waals surface area contributed by atoms with E-state index in [1.54, 1.807) is 0 Å². The topological polar surface area (TPSA) is 56.2 Å². The summed E-state index contributed by atoms with van der Waals surface area (Å²) in [6, 6.07) is 7.32. The highest BCUT2D eigenvalue weighted by Gasteiger charge is 2.04. The van der Waals surface area contributed by atoms with E-state index in [4.69, 9.17) is 10.2 Å². The zero-order chi connectivity index (χ0) is 15.8. The minimum absolute atomic E-state index is 0.380. The van der Waals surface area contributed by atoms with Crippen molar-refractivity contribution in [2.45, 2.75) is 64.7 Å². The van der Waals surface area contributed by atoms with E-state index in [1.165, 1.54) is 63.0 Å². The minimum atomic E-state index is -0.380. The maximum Gasteiger partial charge on any atom is 0.338 e. The van der Waals surface area contributed by atoms with Crippen molar-refractivity contribution in [2.75, 3.05) is 5.73 Å². The number of hydrogen-bond acceptors (Lipinski definition) is 3. The Morgan fingerprint density at radius 2 is 1.64 bits per heavy atom. The molecule has 0 spiro atoms. The van der Waals surface area contributed by atoms with Crippen LogP contribution < -0.4 is 11.4 Å². The molecule has 0 saturated carbocycles. The van der Waals surface area contributed by atoms with Crippen molar-refractivity contribution in [3.05, 3.63) is 40.2 Å². The van der Waals surface area contributed by atoms with Gasteiger partial charge in [0.2, 0.25) is 0 Å². The first kappa shape index (κ1) is 16.6. The molecule has 1 aromatic heterocycles. The molecule has 0 saturated heterocycles. The quantitative estimate of drug-likeness (QED) is 0.520. The Hall–Kier alpha value is -1.77. The largest absolute Gasteiger partial charge is 0.423 e. The van der Waals surface area contributed by atoms with Crippen molar-refractivity contribution in [1.29, 1.82) is 0 Å². The Morgan fingerprint density at radius 1 is 0.955 bits per heavy atom. The average molecular weight is 301 g/mol. The minimum Gasteiger partial charge on any atom is -0.423 e. The summed E-state index contributed by atoms with van der Waals surface area (Å²) in [6.45, 7) is 2.25. The zero-order valence-corrected chi connectivity index (χ0v) is 13.6. The summed E-state index contributed by atoms with van der Waals surface area (Å²) >= 11 is 0. The van der Waals surface area contributed by atoms with Gasteiger partial charge in [-0.3, -0.25) is 0 Å². The van der Waals surface area contributed by atoms with Crippen LogP contribution in [0.5, 0.6) is 0 Å². The Labute approximate surface area is 132 Å². The van der Waals surface area contributed by atoms with Crippen LogP contribution in [0.3, 0.4) is 0 Å². The van der Waals surface area contributed by atoms with Gasteiger partial charge in [-0.15, -0.1) is 0 Å². The molecule has 0 amide bonds. The predicted molar refractivity (Wildman–Crippen MR) is 93.2 cm³/mol. The van der Waals surface area contributed by atoms with Crippen molar-refractivity contribution in [2.24, 2.45) is 0 Å². The Kier molecular flexibility index (Phi) is 6.50. The molecule has 0 fully saturated rings. The molecule has 0 bridgehead atoms. The van der Waals surface area contributed by atoms with Gasteiger partial charge in [0.1, 0.15) is 5.58 Å². The highest BCUT2D eigenvalue weighted by atomic mass is 16.4. The molecule has 0 atom stereocenters. The Bertz CT molecular complexity index is 645. The van der Waals surface area contributed by atoms with Gasteiger partial charge >= 0.3 is 5.63 Å². The highest BCUT2D eigenvalue weighted by Crippen LogP contribution is 2.21. The lowest BCUT2D eigenvalue weighted by Crippen LogP contribution is -2.00. The molecule has 2 aromatic rings. The number of benzene rings is 1. The first-order valence-corrected chi connectivity index (χ1v) is 8.53. The van der Waals surface area contributed by atoms with Crippen LogP contribution in [0.4, 0.5) is 5.69 Å². The second-order valence-electron chi connectivity index (χ2n) is 6.08. The number of nitrogens with two attached hydrogens (primary N) is 1. The summed E-state index contributed by atoms with van der Waals surface area (Å²) in [7, 11) is 0. The highest BCUT2D eigenvalue weighted by molar-refractivity contribution is 5.88. The fraction of sp³-hybridized carbons (Fsp3) is 0.526. The van der Waals surface area contributed by atoms with Gasteiger partial charge < -0.3 is 10.2 Å². The summed E-state index contributed by atoms with van der Waals surface area (Å²) in [5, 5.41) is 0.819. The average Bonchev–Trinajstić information content (AvgIpc) is 2.49. The lowest BCUT2D eigenvalue weighted by atomic mass is 10.0. The van der Waals surface area contributed by atoms with Gasteiger partial charge in [-0.2, -0.15) is 0 Å². The van der Waals surface area contributed by atoms with Gasteiger partial charge in [0.15, 0.2) is 0 Å². The van der Waals surface area contributed by atoms with Crippen molar-refractivity contribution < 1.29 is 4.42 Å². The van der Waals surface area contributed by atoms with Gasteiger partial charge in [-0.25, -0.2) is 4.79 Å². The molecule has 2 N–H and O–H groups in total. The second-order valence-corrected chi connectivity index (χ2v) is 6.08. The summed E-state index contributed by atoms with van der Waals surface area (Å²) in [6.07, 6.45) is 11.6. The van der Waals surface area contributed by atoms with Crippen LogP contribution in [0, 0.1) is 0 Å². The number of fused-ring (bicyclic) bond motifs is 1. The normalized spacial score (nSPS) is 11.1. The van der Waals surface area contributed by atoms with Crippen LogP contribution in [0.25, 0.3) is 11.0 Å². The van der Waals surface area contributed by atoms with E-state index in [9.17, 15) is 4.79 Å². The van der Waals surface area contributed by atoms with E-state index in [1.807, 2.05) is 12.1 Å². The third-order valence-corrected chi connectivity index (χ3v) is 4.16. The predicted octanol–water partition coefficient (Wildman–Crippen LogP) is 5.06. The van der Waals surface area contributed by atoms with E-state index < -0.39 is 0 Å². The number of hydrogen-bond donors (Lipinski definition) is 1. The second kappa shape index (κ2) is 8.62. The van der Waals surface area contributed by atoms with Gasteiger partial charge in [-0.1, -0.05) is 57.9 Å². The van der Waals surface area contributed by atoms with Crippen molar-refractivity contribution in [1.82, 2.24) is 0 Å². The van der Waals surface area contributed by atoms with E-state index in [0.717, 1.165) is 11.8 Å². The summed E-state index contributed by atoms with van der Waals surface area (Å²) < 4.78 is 5.23. The summed E-state index contributed by atoms with van der Waals surface area (Å²) in [5.41, 5.74) is 7.76. The Balaban J connectivity index is 1.79. The number of aryl methyl sites for hydroxylation is 1. The van der Waals surface area contributed by atoms with E-state index >= 15 is 0 Å². The third-order valence-electron chi connectivity index (χ3n) is 4.16. The van der Waals surface area contributed by atoms with E-state index in [-0.39, 0.29) is 5.63 Å². The van der Waals surface area contributed by atoms with Gasteiger partial charge in [0.25, 0.3) is 0 Å². The summed E-state index contributed by atoms with van der Waals surface area (Å²) in [4.78, 5) is 11.4. The third kappa shape index (κ3) is 4.90. The molecular weight excluding hydrogens is 274 g/mol. The zero-order valence-electron chi connectivity index (χ0n) is 13.6. The van der Waals surface area contributed by atoms with E-state index in [0.29, 0.717) is 11.3 Å². The maximum atomic E-state index is 11.4. The lowest BCUT2D eigenvalue weighted by Gasteiger charge is -2.05. The fourth-order valence-corrected chi connectivity index (χ4v) is 2.85. The van der Waals surface area contributed by atoms with Crippen LogP contribution >= 0.6 is 0 Å². The maximum absolute atomic E-state index is 11.4. The molecule has 1 aromatic carbocycles. The van der Waals surface area contributed by atoms with E-state index in [2.05, 4.69) is 13.0 Å². The lowest BCUT2D eigenvalue weighted by molar-refractivity contribution is 0.560. The molecular formula is C19H27NO2. The smallest absolute Gasteiger partial charge is 0.338 e. The van der Waals surface area contributed by atoms with Gasteiger partial charge in [0.05, 0.1) is 0 Å². The molecule has 3 nitrogen and oxygen atoms in total. The molecule has 3 heteroatoms. The molecule has 22 heavy (non-hydrogen) atoms. The molecule has 1 heterocycles. The fourth-order valence-electron chi connectivity index (χ4n) is 2.85. The molecule has 120 valence electrons. The molecule has 0 aliphatic heterocycles. The van der Waals surface area contributed by atoms with Crippen LogP contribution in [-0.2, 0) is 6.42 Å². The van der Waals surface area contributed by atoms with Gasteiger partial charge in [0, 0.05) is 17.1 Å². The first-order chi connectivity index (χ1) is 10.7.